The van der Waals surface area contributed by atoms with E-state index in [2.05, 4.69) is 35.3 Å². The number of benzene rings is 2. The normalized spacial score (nSPS) is 14.1. The van der Waals surface area contributed by atoms with Gasteiger partial charge in [0.1, 0.15) is 5.82 Å². The Kier molecular flexibility index (Phi) is 7.70. The van der Waals surface area contributed by atoms with Crippen LogP contribution in [0.5, 0.6) is 0 Å². The zero-order valence-electron chi connectivity index (χ0n) is 20.6. The standard InChI is InChI=1S/C27H35N5O3/c1-3-4-15-31-25(28)24(26(34)29-27(31)35)32(22-11-7-8-12-22)23(33)18-30(2)17-19-13-14-20-9-5-6-10-21(20)16-19/h5-6,9-10,13-14,16,22H,3-4,7-8,11-12,15,17-18,28H2,1-2H3,(H,29,34,35). The summed E-state index contributed by atoms with van der Waals surface area (Å²) in [6.45, 7) is 3.15. The number of nitrogens with zero attached hydrogens (tertiary/aromatic N) is 3. The molecule has 2 aromatic carbocycles. The van der Waals surface area contributed by atoms with Crippen molar-refractivity contribution in [2.75, 3.05) is 24.2 Å². The third-order valence-corrected chi connectivity index (χ3v) is 6.82. The maximum atomic E-state index is 13.6. The first-order valence-electron chi connectivity index (χ1n) is 12.5. The highest BCUT2D eigenvalue weighted by molar-refractivity contribution is 5.97. The van der Waals surface area contributed by atoms with Gasteiger partial charge in [-0.15, -0.1) is 0 Å². The van der Waals surface area contributed by atoms with Crippen LogP contribution in [0.1, 0.15) is 51.0 Å². The van der Waals surface area contributed by atoms with Crippen LogP contribution in [0, 0.1) is 0 Å². The Morgan fingerprint density at radius 2 is 1.83 bits per heavy atom. The van der Waals surface area contributed by atoms with Gasteiger partial charge in [0.15, 0.2) is 5.69 Å². The van der Waals surface area contributed by atoms with Gasteiger partial charge in [-0.25, -0.2) is 4.79 Å². The minimum atomic E-state index is -0.599. The molecule has 1 amide bonds. The summed E-state index contributed by atoms with van der Waals surface area (Å²) in [4.78, 5) is 44.9. The molecule has 1 saturated carbocycles. The van der Waals surface area contributed by atoms with Crippen LogP contribution < -0.4 is 21.9 Å². The molecular weight excluding hydrogens is 442 g/mol. The molecule has 1 fully saturated rings. The number of hydrogen-bond acceptors (Lipinski definition) is 5. The van der Waals surface area contributed by atoms with Crippen LogP contribution in [-0.4, -0.2) is 40.0 Å². The Morgan fingerprint density at radius 1 is 1.11 bits per heavy atom. The highest BCUT2D eigenvalue weighted by atomic mass is 16.2. The van der Waals surface area contributed by atoms with Gasteiger partial charge in [0.25, 0.3) is 5.56 Å². The van der Waals surface area contributed by atoms with Crippen molar-refractivity contribution in [3.05, 3.63) is 68.9 Å². The van der Waals surface area contributed by atoms with Gasteiger partial charge in [-0.1, -0.05) is 62.6 Å². The second-order valence-electron chi connectivity index (χ2n) is 9.55. The van der Waals surface area contributed by atoms with Crippen LogP contribution in [-0.2, 0) is 17.9 Å². The average molecular weight is 478 g/mol. The maximum Gasteiger partial charge on any atom is 0.330 e. The predicted molar refractivity (Wildman–Crippen MR) is 141 cm³/mol. The fraction of sp³-hybridized carbons (Fsp3) is 0.444. The van der Waals surface area contributed by atoms with Crippen LogP contribution in [0.2, 0.25) is 0 Å². The van der Waals surface area contributed by atoms with Gasteiger partial charge in [0, 0.05) is 19.1 Å². The minimum absolute atomic E-state index is 0.0737. The van der Waals surface area contributed by atoms with Gasteiger partial charge in [-0.05, 0) is 48.7 Å². The molecule has 1 aromatic heterocycles. The van der Waals surface area contributed by atoms with E-state index in [1.54, 1.807) is 4.90 Å². The van der Waals surface area contributed by atoms with E-state index >= 15 is 0 Å². The van der Waals surface area contributed by atoms with Crippen molar-refractivity contribution in [2.45, 2.75) is 64.6 Å². The second kappa shape index (κ2) is 10.9. The molecule has 3 aromatic rings. The third kappa shape index (κ3) is 5.48. The molecular formula is C27H35N5O3. The monoisotopic (exact) mass is 477 g/mol. The van der Waals surface area contributed by atoms with Crippen LogP contribution in [0.15, 0.2) is 52.1 Å². The van der Waals surface area contributed by atoms with Crippen LogP contribution in [0.3, 0.4) is 0 Å². The summed E-state index contributed by atoms with van der Waals surface area (Å²) < 4.78 is 1.38. The molecule has 1 heterocycles. The number of aromatic amines is 1. The minimum Gasteiger partial charge on any atom is -0.383 e. The Labute approximate surface area is 205 Å². The summed E-state index contributed by atoms with van der Waals surface area (Å²) in [5.41, 5.74) is 6.46. The number of anilines is 2. The molecule has 4 rings (SSSR count). The Bertz CT molecular complexity index is 1310. The number of nitrogen functional groups attached to an aromatic ring is 1. The molecule has 0 radical (unpaired) electrons. The van der Waals surface area contributed by atoms with E-state index in [9.17, 15) is 14.4 Å². The van der Waals surface area contributed by atoms with Gasteiger partial charge < -0.3 is 10.6 Å². The molecule has 1 aliphatic rings. The number of nitrogens with two attached hydrogens (primary N) is 1. The lowest BCUT2D eigenvalue weighted by atomic mass is 10.1. The molecule has 186 valence electrons. The van der Waals surface area contributed by atoms with E-state index in [1.807, 2.05) is 31.0 Å². The molecule has 0 saturated heterocycles. The van der Waals surface area contributed by atoms with E-state index < -0.39 is 11.2 Å². The van der Waals surface area contributed by atoms with Crippen molar-refractivity contribution >= 4 is 28.2 Å². The van der Waals surface area contributed by atoms with Gasteiger partial charge >= 0.3 is 5.69 Å². The molecule has 35 heavy (non-hydrogen) atoms. The first-order valence-corrected chi connectivity index (χ1v) is 12.5. The number of hydrogen-bond donors (Lipinski definition) is 2. The molecule has 0 aliphatic heterocycles. The van der Waals surface area contributed by atoms with Crippen molar-refractivity contribution in [1.82, 2.24) is 14.5 Å². The number of amides is 1. The quantitative estimate of drug-likeness (QED) is 0.491. The number of fused-ring (bicyclic) bond motifs is 1. The predicted octanol–water partition coefficient (Wildman–Crippen LogP) is 3.48. The summed E-state index contributed by atoms with van der Waals surface area (Å²) in [7, 11) is 1.90. The number of rotatable bonds is 9. The number of H-pyrrole nitrogens is 1. The van der Waals surface area contributed by atoms with E-state index in [1.165, 1.54) is 9.95 Å². The first kappa shape index (κ1) is 24.7. The van der Waals surface area contributed by atoms with Gasteiger partial charge in [0.2, 0.25) is 5.91 Å². The molecule has 0 spiro atoms. The fourth-order valence-electron chi connectivity index (χ4n) is 5.03. The van der Waals surface area contributed by atoms with E-state index in [0.717, 1.165) is 49.5 Å². The molecule has 0 atom stereocenters. The number of aromatic nitrogens is 2. The molecule has 3 N–H and O–H groups in total. The van der Waals surface area contributed by atoms with E-state index in [0.29, 0.717) is 13.1 Å². The van der Waals surface area contributed by atoms with Crippen molar-refractivity contribution in [3.63, 3.8) is 0 Å². The van der Waals surface area contributed by atoms with Crippen molar-refractivity contribution in [1.29, 1.82) is 0 Å². The van der Waals surface area contributed by atoms with Crippen molar-refractivity contribution in [3.8, 4) is 0 Å². The zero-order valence-corrected chi connectivity index (χ0v) is 20.6. The molecule has 0 unspecified atom stereocenters. The van der Waals surface area contributed by atoms with Crippen LogP contribution in [0.25, 0.3) is 10.8 Å². The number of unbranched alkanes of at least 4 members (excludes halogenated alkanes) is 1. The highest BCUT2D eigenvalue weighted by Crippen LogP contribution is 2.29. The number of likely N-dealkylation sites (N-methyl/N-ethyl adjacent to an activating group) is 1. The summed E-state index contributed by atoms with van der Waals surface area (Å²) in [6, 6.07) is 14.4. The summed E-state index contributed by atoms with van der Waals surface area (Å²) in [6.07, 6.45) is 5.25. The smallest absolute Gasteiger partial charge is 0.330 e. The summed E-state index contributed by atoms with van der Waals surface area (Å²) >= 11 is 0. The number of carbonyl (C=O) groups is 1. The largest absolute Gasteiger partial charge is 0.383 e. The summed E-state index contributed by atoms with van der Waals surface area (Å²) in [5.74, 6) is -0.109. The SMILES string of the molecule is CCCCn1c(N)c(N(C(=O)CN(C)Cc2ccc3ccccc3c2)C2CCCC2)c(=O)[nH]c1=O. The lowest BCUT2D eigenvalue weighted by Crippen LogP contribution is -2.48. The van der Waals surface area contributed by atoms with Crippen molar-refractivity contribution in [2.24, 2.45) is 0 Å². The Morgan fingerprint density at radius 3 is 2.54 bits per heavy atom. The van der Waals surface area contributed by atoms with Gasteiger partial charge in [-0.2, -0.15) is 0 Å². The van der Waals surface area contributed by atoms with E-state index in [4.69, 9.17) is 5.73 Å². The topological polar surface area (TPSA) is 104 Å². The van der Waals surface area contributed by atoms with E-state index in [-0.39, 0.29) is 30.0 Å². The molecule has 1 aliphatic carbocycles. The lowest BCUT2D eigenvalue weighted by molar-refractivity contribution is -0.120. The van der Waals surface area contributed by atoms with Crippen LogP contribution >= 0.6 is 0 Å². The Balaban J connectivity index is 1.60. The lowest BCUT2D eigenvalue weighted by Gasteiger charge is -2.31. The number of carbonyl (C=O) groups excluding carboxylic acids is 1. The molecule has 0 bridgehead atoms. The Hall–Kier alpha value is -3.39. The van der Waals surface area contributed by atoms with Crippen molar-refractivity contribution < 1.29 is 4.79 Å². The highest BCUT2D eigenvalue weighted by Gasteiger charge is 2.32. The molecule has 8 heteroatoms. The first-order chi connectivity index (χ1) is 16.9. The maximum absolute atomic E-state index is 13.6. The third-order valence-electron chi connectivity index (χ3n) is 6.82. The number of nitrogens with one attached hydrogen (secondary N) is 1. The molecule has 8 nitrogen and oxygen atoms in total. The van der Waals surface area contributed by atoms with Crippen LogP contribution in [0.4, 0.5) is 11.5 Å². The summed E-state index contributed by atoms with van der Waals surface area (Å²) in [5, 5.41) is 2.33. The van der Waals surface area contributed by atoms with Gasteiger partial charge in [-0.3, -0.25) is 24.0 Å². The average Bonchev–Trinajstić information content (AvgIpc) is 3.35. The second-order valence-corrected chi connectivity index (χ2v) is 9.55. The van der Waals surface area contributed by atoms with Gasteiger partial charge in [0.05, 0.1) is 6.54 Å². The zero-order chi connectivity index (χ0) is 24.9. The fourth-order valence-corrected chi connectivity index (χ4v) is 5.03.